The number of nitrogens with zero attached hydrogens (tertiary/aromatic N) is 4. The summed E-state index contributed by atoms with van der Waals surface area (Å²) in [6.07, 6.45) is 5.30. The maximum atomic E-state index is 13.0. The summed E-state index contributed by atoms with van der Waals surface area (Å²) in [5, 5.41) is 9.44. The molecule has 6 heteroatoms. The molecule has 1 fully saturated rings. The lowest BCUT2D eigenvalue weighted by Gasteiger charge is -2.31. The molecule has 0 radical (unpaired) electrons. The van der Waals surface area contributed by atoms with Crippen molar-refractivity contribution in [1.82, 2.24) is 19.9 Å². The van der Waals surface area contributed by atoms with Gasteiger partial charge in [-0.15, -0.1) is 5.10 Å². The van der Waals surface area contributed by atoms with Crippen LogP contribution in [0.3, 0.4) is 0 Å². The third-order valence-corrected chi connectivity index (χ3v) is 5.70. The molecule has 0 bridgehead atoms. The first-order valence-electron chi connectivity index (χ1n) is 9.77. The quantitative estimate of drug-likeness (QED) is 0.611. The minimum Gasteiger partial charge on any atom is -0.303 e. The van der Waals surface area contributed by atoms with Crippen molar-refractivity contribution in [3.8, 4) is 0 Å². The Morgan fingerprint density at radius 2 is 1.64 bits per heavy atom. The molecule has 0 saturated carbocycles. The Kier molecular flexibility index (Phi) is 6.03. The summed E-state index contributed by atoms with van der Waals surface area (Å²) in [5.41, 5.74) is 3.42. The van der Waals surface area contributed by atoms with E-state index in [1.165, 1.54) is 17.7 Å². The van der Waals surface area contributed by atoms with Gasteiger partial charge >= 0.3 is 0 Å². The molecule has 146 valence electrons. The van der Waals surface area contributed by atoms with Crippen molar-refractivity contribution >= 4 is 11.6 Å². The van der Waals surface area contributed by atoms with Crippen LogP contribution in [0, 0.1) is 5.82 Å². The molecule has 3 aromatic rings. The van der Waals surface area contributed by atoms with E-state index in [9.17, 15) is 4.39 Å². The summed E-state index contributed by atoms with van der Waals surface area (Å²) in [7, 11) is 0. The molecule has 0 spiro atoms. The second-order valence-electron chi connectivity index (χ2n) is 7.46. The minimum absolute atomic E-state index is 0.217. The van der Waals surface area contributed by atoms with Gasteiger partial charge in [-0.25, -0.2) is 9.07 Å². The highest BCUT2D eigenvalue weighted by molar-refractivity contribution is 6.30. The first-order chi connectivity index (χ1) is 13.7. The fourth-order valence-corrected chi connectivity index (χ4v) is 3.87. The van der Waals surface area contributed by atoms with Gasteiger partial charge in [0.2, 0.25) is 0 Å². The van der Waals surface area contributed by atoms with Crippen molar-refractivity contribution in [3.05, 3.63) is 82.4 Å². The molecule has 1 aliphatic heterocycles. The molecule has 4 rings (SSSR count). The van der Waals surface area contributed by atoms with Crippen LogP contribution in [-0.4, -0.2) is 39.5 Å². The Hall–Kier alpha value is -2.24. The Morgan fingerprint density at radius 3 is 2.36 bits per heavy atom. The normalized spacial score (nSPS) is 15.8. The molecule has 1 aromatic heterocycles. The molecule has 2 heterocycles. The van der Waals surface area contributed by atoms with Crippen LogP contribution in [-0.2, 0) is 13.0 Å². The topological polar surface area (TPSA) is 34.0 Å². The summed E-state index contributed by atoms with van der Waals surface area (Å²) in [6.45, 7) is 3.87. The summed E-state index contributed by atoms with van der Waals surface area (Å²) >= 11 is 5.95. The van der Waals surface area contributed by atoms with Gasteiger partial charge in [-0.3, -0.25) is 0 Å². The average Bonchev–Trinajstić information content (AvgIpc) is 3.18. The number of likely N-dealkylation sites (tertiary alicyclic amines) is 1. The smallest absolute Gasteiger partial charge is 0.123 e. The first kappa shape index (κ1) is 19.1. The van der Waals surface area contributed by atoms with E-state index in [4.69, 9.17) is 11.6 Å². The zero-order chi connectivity index (χ0) is 19.3. The zero-order valence-electron chi connectivity index (χ0n) is 15.8. The van der Waals surface area contributed by atoms with Crippen LogP contribution in [0.2, 0.25) is 5.02 Å². The molecule has 28 heavy (non-hydrogen) atoms. The van der Waals surface area contributed by atoms with E-state index in [1.54, 1.807) is 12.1 Å². The van der Waals surface area contributed by atoms with Gasteiger partial charge in [-0.05, 0) is 67.7 Å². The van der Waals surface area contributed by atoms with Crippen LogP contribution in [0.5, 0.6) is 0 Å². The zero-order valence-corrected chi connectivity index (χ0v) is 16.5. The lowest BCUT2D eigenvalue weighted by Crippen LogP contribution is -2.34. The van der Waals surface area contributed by atoms with Crippen molar-refractivity contribution < 1.29 is 4.39 Å². The van der Waals surface area contributed by atoms with Crippen LogP contribution in [0.15, 0.2) is 54.7 Å². The summed E-state index contributed by atoms with van der Waals surface area (Å²) in [4.78, 5) is 2.52. The Balaban J connectivity index is 1.26. The largest absolute Gasteiger partial charge is 0.303 e. The predicted octanol–water partition coefficient (Wildman–Crippen LogP) is 4.54. The lowest BCUT2D eigenvalue weighted by molar-refractivity contribution is 0.213. The molecule has 0 unspecified atom stereocenters. The molecular formula is C22H24ClFN4. The number of aromatic nitrogens is 3. The van der Waals surface area contributed by atoms with Gasteiger partial charge in [-0.1, -0.05) is 41.1 Å². The highest BCUT2D eigenvalue weighted by atomic mass is 35.5. The predicted molar refractivity (Wildman–Crippen MR) is 109 cm³/mol. The highest BCUT2D eigenvalue weighted by Crippen LogP contribution is 2.26. The molecule has 1 saturated heterocycles. The summed E-state index contributed by atoms with van der Waals surface area (Å²) < 4.78 is 14.9. The molecular weight excluding hydrogens is 375 g/mol. The number of rotatable bonds is 6. The standard InChI is InChI=1S/C22H24ClFN4/c23-20-5-1-17(2-6-20)9-12-27-13-10-19(11-14-27)22-16-28(26-25-22)15-18-3-7-21(24)8-4-18/h1-8,16,19H,9-15H2. The van der Waals surface area contributed by atoms with Crippen molar-refractivity contribution in [1.29, 1.82) is 0 Å². The second kappa shape index (κ2) is 8.84. The van der Waals surface area contributed by atoms with Gasteiger partial charge < -0.3 is 4.90 Å². The van der Waals surface area contributed by atoms with E-state index in [2.05, 4.69) is 27.3 Å². The molecule has 1 aliphatic rings. The molecule has 2 aromatic carbocycles. The van der Waals surface area contributed by atoms with Crippen LogP contribution >= 0.6 is 11.6 Å². The molecule has 0 atom stereocenters. The van der Waals surface area contributed by atoms with E-state index in [0.717, 1.165) is 55.2 Å². The summed E-state index contributed by atoms with van der Waals surface area (Å²) in [5.74, 6) is 0.250. The van der Waals surface area contributed by atoms with E-state index in [1.807, 2.05) is 23.0 Å². The van der Waals surface area contributed by atoms with E-state index < -0.39 is 0 Å². The maximum absolute atomic E-state index is 13.0. The number of benzene rings is 2. The van der Waals surface area contributed by atoms with E-state index >= 15 is 0 Å². The minimum atomic E-state index is -0.217. The SMILES string of the molecule is Fc1ccc(Cn2cc(C3CCN(CCc4ccc(Cl)cc4)CC3)nn2)cc1. The van der Waals surface area contributed by atoms with Crippen molar-refractivity contribution in [3.63, 3.8) is 0 Å². The molecule has 0 amide bonds. The van der Waals surface area contributed by atoms with Crippen LogP contribution in [0.1, 0.15) is 35.6 Å². The van der Waals surface area contributed by atoms with Crippen molar-refractivity contribution in [2.45, 2.75) is 31.7 Å². The van der Waals surface area contributed by atoms with Gasteiger partial charge in [0.25, 0.3) is 0 Å². The van der Waals surface area contributed by atoms with E-state index in [-0.39, 0.29) is 5.82 Å². The Bertz CT molecular complexity index is 884. The number of hydrogen-bond acceptors (Lipinski definition) is 3. The highest BCUT2D eigenvalue weighted by Gasteiger charge is 2.22. The van der Waals surface area contributed by atoms with Crippen LogP contribution in [0.25, 0.3) is 0 Å². The first-order valence-corrected chi connectivity index (χ1v) is 10.1. The maximum Gasteiger partial charge on any atom is 0.123 e. The summed E-state index contributed by atoms with van der Waals surface area (Å²) in [6, 6.07) is 14.7. The lowest BCUT2D eigenvalue weighted by atomic mass is 9.94. The third kappa shape index (κ3) is 4.97. The van der Waals surface area contributed by atoms with Gasteiger partial charge in [0.05, 0.1) is 12.2 Å². The molecule has 0 aliphatic carbocycles. The fourth-order valence-electron chi connectivity index (χ4n) is 3.75. The second-order valence-corrected chi connectivity index (χ2v) is 7.90. The number of piperidine rings is 1. The van der Waals surface area contributed by atoms with Crippen LogP contribution < -0.4 is 0 Å². The van der Waals surface area contributed by atoms with Crippen LogP contribution in [0.4, 0.5) is 4.39 Å². The monoisotopic (exact) mass is 398 g/mol. The number of hydrogen-bond donors (Lipinski definition) is 0. The average molecular weight is 399 g/mol. The van der Waals surface area contributed by atoms with Crippen molar-refractivity contribution in [2.24, 2.45) is 0 Å². The van der Waals surface area contributed by atoms with Gasteiger partial charge in [0.1, 0.15) is 5.82 Å². The third-order valence-electron chi connectivity index (χ3n) is 5.45. The molecule has 4 nitrogen and oxygen atoms in total. The van der Waals surface area contributed by atoms with Gasteiger partial charge in [0.15, 0.2) is 0 Å². The van der Waals surface area contributed by atoms with Crippen molar-refractivity contribution in [2.75, 3.05) is 19.6 Å². The van der Waals surface area contributed by atoms with E-state index in [0.29, 0.717) is 12.5 Å². The molecule has 0 N–H and O–H groups in total. The Morgan fingerprint density at radius 1 is 0.964 bits per heavy atom. The van der Waals surface area contributed by atoms with Gasteiger partial charge in [-0.2, -0.15) is 0 Å². The number of halogens is 2. The van der Waals surface area contributed by atoms with Gasteiger partial charge in [0, 0.05) is 23.7 Å². The fraction of sp³-hybridized carbons (Fsp3) is 0.364. The Labute approximate surface area is 169 Å².